The number of rotatable bonds is 2. The highest BCUT2D eigenvalue weighted by molar-refractivity contribution is 6.32. The van der Waals surface area contributed by atoms with Gasteiger partial charge in [-0.2, -0.15) is 0 Å². The molecule has 3 rings (SSSR count). The van der Waals surface area contributed by atoms with Crippen LogP contribution < -0.4 is 5.73 Å². The Labute approximate surface area is 130 Å². The predicted molar refractivity (Wildman–Crippen MR) is 84.7 cm³/mol. The van der Waals surface area contributed by atoms with Gasteiger partial charge in [-0.3, -0.25) is 4.79 Å². The van der Waals surface area contributed by atoms with E-state index in [0.717, 1.165) is 18.4 Å². The van der Waals surface area contributed by atoms with E-state index in [4.69, 9.17) is 22.1 Å². The Balaban J connectivity index is 0.000000774. The van der Waals surface area contributed by atoms with Crippen LogP contribution in [0, 0.1) is 0 Å². The maximum atomic E-state index is 12.6. The standard InChI is InChI=1S/C14H15ClN2O2.C2H6/c15-10-5-2-1-4-9(10)14-7-3-6-11(13(14)18)19-12(8-16)17-14;1-2/h1-2,4-5,11H,3,6-8,16H2;1-2H3. The molecule has 2 atom stereocenters. The Morgan fingerprint density at radius 2 is 2.14 bits per heavy atom. The van der Waals surface area contributed by atoms with Crippen molar-refractivity contribution in [3.05, 3.63) is 34.9 Å². The molecule has 1 aromatic carbocycles. The van der Waals surface area contributed by atoms with Gasteiger partial charge in [0.2, 0.25) is 5.78 Å². The number of nitrogens with two attached hydrogens (primary N) is 1. The van der Waals surface area contributed by atoms with Crippen molar-refractivity contribution in [3.8, 4) is 0 Å². The van der Waals surface area contributed by atoms with E-state index in [1.807, 2.05) is 32.0 Å². The number of halogens is 1. The van der Waals surface area contributed by atoms with Crippen molar-refractivity contribution in [3.63, 3.8) is 0 Å². The lowest BCUT2D eigenvalue weighted by atomic mass is 9.74. The summed E-state index contributed by atoms with van der Waals surface area (Å²) in [7, 11) is 0. The summed E-state index contributed by atoms with van der Waals surface area (Å²) in [5, 5.41) is 0.568. The molecule has 2 unspecified atom stereocenters. The largest absolute Gasteiger partial charge is 0.469 e. The lowest BCUT2D eigenvalue weighted by Gasteiger charge is -2.41. The first-order chi connectivity index (χ1) is 10.2. The van der Waals surface area contributed by atoms with Gasteiger partial charge in [0.05, 0.1) is 6.54 Å². The Morgan fingerprint density at radius 1 is 1.43 bits per heavy atom. The van der Waals surface area contributed by atoms with Gasteiger partial charge in [0, 0.05) is 10.6 Å². The molecule has 0 radical (unpaired) electrons. The average Bonchev–Trinajstić information content (AvgIpc) is 2.50. The number of hydrogen-bond donors (Lipinski definition) is 1. The van der Waals surface area contributed by atoms with Crippen molar-refractivity contribution in [1.82, 2.24) is 0 Å². The van der Waals surface area contributed by atoms with Gasteiger partial charge in [0.25, 0.3) is 0 Å². The summed E-state index contributed by atoms with van der Waals surface area (Å²) >= 11 is 6.26. The molecule has 1 aliphatic heterocycles. The van der Waals surface area contributed by atoms with E-state index < -0.39 is 11.6 Å². The number of Topliss-reactive ketones (excluding diaryl/α,β-unsaturated/α-hetero) is 1. The molecule has 1 heterocycles. The van der Waals surface area contributed by atoms with Crippen LogP contribution in [0.3, 0.4) is 0 Å². The number of aliphatic imine (C=N–C) groups is 1. The topological polar surface area (TPSA) is 64.7 Å². The van der Waals surface area contributed by atoms with Crippen LogP contribution in [0.5, 0.6) is 0 Å². The summed E-state index contributed by atoms with van der Waals surface area (Å²) in [6.07, 6.45) is 1.85. The summed E-state index contributed by atoms with van der Waals surface area (Å²) in [6.45, 7) is 4.20. The zero-order valence-electron chi connectivity index (χ0n) is 12.4. The van der Waals surface area contributed by atoms with E-state index >= 15 is 0 Å². The Morgan fingerprint density at radius 3 is 2.81 bits per heavy atom. The molecule has 1 fully saturated rings. The van der Waals surface area contributed by atoms with Gasteiger partial charge in [0.1, 0.15) is 0 Å². The van der Waals surface area contributed by atoms with Gasteiger partial charge >= 0.3 is 0 Å². The van der Waals surface area contributed by atoms with Crippen molar-refractivity contribution in [2.45, 2.75) is 44.8 Å². The highest BCUT2D eigenvalue weighted by atomic mass is 35.5. The monoisotopic (exact) mass is 308 g/mol. The molecule has 0 spiro atoms. The SMILES string of the molecule is CC.NCC1=NC2(c3ccccc3Cl)CCCC(O1)C2=O. The lowest BCUT2D eigenvalue weighted by Crippen LogP contribution is -2.52. The molecule has 1 aromatic rings. The highest BCUT2D eigenvalue weighted by Crippen LogP contribution is 2.44. The molecule has 0 amide bonds. The maximum Gasteiger partial charge on any atom is 0.205 e. The molecular weight excluding hydrogens is 288 g/mol. The number of benzene rings is 1. The second-order valence-corrected chi connectivity index (χ2v) is 5.32. The lowest BCUT2D eigenvalue weighted by molar-refractivity contribution is -0.137. The molecule has 1 aliphatic carbocycles. The summed E-state index contributed by atoms with van der Waals surface area (Å²) in [5.74, 6) is 0.452. The second-order valence-electron chi connectivity index (χ2n) is 4.91. The first kappa shape index (κ1) is 16.0. The molecular formula is C16H21ClN2O2. The van der Waals surface area contributed by atoms with E-state index in [1.165, 1.54) is 0 Å². The van der Waals surface area contributed by atoms with Crippen molar-refractivity contribution in [1.29, 1.82) is 0 Å². The van der Waals surface area contributed by atoms with Crippen LogP contribution in [0.4, 0.5) is 0 Å². The first-order valence-corrected chi connectivity index (χ1v) is 7.80. The van der Waals surface area contributed by atoms with Crippen LogP contribution in [-0.2, 0) is 15.1 Å². The summed E-state index contributed by atoms with van der Waals surface area (Å²) in [4.78, 5) is 17.1. The Hall–Kier alpha value is -1.39. The van der Waals surface area contributed by atoms with E-state index in [0.29, 0.717) is 17.3 Å². The molecule has 21 heavy (non-hydrogen) atoms. The van der Waals surface area contributed by atoms with Gasteiger partial charge in [-0.15, -0.1) is 0 Å². The summed E-state index contributed by atoms with van der Waals surface area (Å²) in [6, 6.07) is 7.38. The third kappa shape index (κ3) is 2.70. The van der Waals surface area contributed by atoms with Crippen molar-refractivity contribution < 1.29 is 9.53 Å². The van der Waals surface area contributed by atoms with Crippen molar-refractivity contribution >= 4 is 23.3 Å². The second kappa shape index (κ2) is 6.58. The van der Waals surface area contributed by atoms with Crippen molar-refractivity contribution in [2.75, 3.05) is 6.54 Å². The summed E-state index contributed by atoms with van der Waals surface area (Å²) in [5.41, 5.74) is 5.50. The fourth-order valence-electron chi connectivity index (χ4n) is 2.91. The smallest absolute Gasteiger partial charge is 0.205 e. The Bertz CT molecular complexity index is 559. The van der Waals surface area contributed by atoms with Crippen LogP contribution in [0.25, 0.3) is 0 Å². The van der Waals surface area contributed by atoms with E-state index in [2.05, 4.69) is 4.99 Å². The minimum atomic E-state index is -0.895. The molecule has 0 saturated heterocycles. The third-order valence-corrected chi connectivity index (χ3v) is 4.12. The minimum absolute atomic E-state index is 0.00375. The summed E-state index contributed by atoms with van der Waals surface area (Å²) < 4.78 is 5.54. The molecule has 4 nitrogen and oxygen atoms in total. The van der Waals surface area contributed by atoms with Crippen LogP contribution in [0.1, 0.15) is 38.7 Å². The van der Waals surface area contributed by atoms with Crippen LogP contribution in [0.2, 0.25) is 5.02 Å². The van der Waals surface area contributed by atoms with Gasteiger partial charge in [0.15, 0.2) is 17.5 Å². The Kier molecular flexibility index (Phi) is 5.01. The van der Waals surface area contributed by atoms with Gasteiger partial charge < -0.3 is 10.5 Å². The number of nitrogens with zero attached hydrogens (tertiary/aromatic N) is 1. The third-order valence-electron chi connectivity index (χ3n) is 3.79. The molecule has 2 N–H and O–H groups in total. The number of carbonyl (C=O) groups excluding carboxylic acids is 1. The first-order valence-electron chi connectivity index (χ1n) is 7.42. The molecule has 1 saturated carbocycles. The van der Waals surface area contributed by atoms with Gasteiger partial charge in [-0.05, 0) is 25.3 Å². The number of ether oxygens (including phenoxy) is 1. The number of hydrogen-bond acceptors (Lipinski definition) is 4. The van der Waals surface area contributed by atoms with Crippen LogP contribution in [0.15, 0.2) is 29.3 Å². The molecule has 2 aliphatic rings. The van der Waals surface area contributed by atoms with Gasteiger partial charge in [-0.1, -0.05) is 43.6 Å². The van der Waals surface area contributed by atoms with E-state index in [-0.39, 0.29) is 12.3 Å². The van der Waals surface area contributed by atoms with E-state index in [9.17, 15) is 4.79 Å². The average molecular weight is 309 g/mol. The maximum absolute atomic E-state index is 12.6. The van der Waals surface area contributed by atoms with Crippen molar-refractivity contribution in [2.24, 2.45) is 10.7 Å². The van der Waals surface area contributed by atoms with Crippen LogP contribution >= 0.6 is 11.6 Å². The zero-order chi connectivity index (χ0) is 15.5. The molecule has 2 bridgehead atoms. The quantitative estimate of drug-likeness (QED) is 0.913. The van der Waals surface area contributed by atoms with Gasteiger partial charge in [-0.25, -0.2) is 4.99 Å². The highest BCUT2D eigenvalue weighted by Gasteiger charge is 2.51. The zero-order valence-corrected chi connectivity index (χ0v) is 13.2. The fourth-order valence-corrected chi connectivity index (χ4v) is 3.20. The molecule has 114 valence electrons. The normalized spacial score (nSPS) is 27.1. The number of carbonyl (C=O) groups is 1. The fraction of sp³-hybridized carbons (Fsp3) is 0.500. The molecule has 0 aromatic heterocycles. The number of fused-ring (bicyclic) bond motifs is 2. The minimum Gasteiger partial charge on any atom is -0.469 e. The molecule has 5 heteroatoms. The van der Waals surface area contributed by atoms with E-state index in [1.54, 1.807) is 6.07 Å². The predicted octanol–water partition coefficient (Wildman–Crippen LogP) is 3.07. The number of ketones is 1. The van der Waals surface area contributed by atoms with Crippen LogP contribution in [-0.4, -0.2) is 24.3 Å².